The summed E-state index contributed by atoms with van der Waals surface area (Å²) in [5, 5.41) is 12.0. The third-order valence-electron chi connectivity index (χ3n) is 3.39. The van der Waals surface area contributed by atoms with E-state index in [1.165, 1.54) is 0 Å². The van der Waals surface area contributed by atoms with Crippen LogP contribution in [0.4, 0.5) is 11.4 Å². The number of aliphatic carboxylic acids is 1. The van der Waals surface area contributed by atoms with Crippen molar-refractivity contribution in [1.82, 2.24) is 0 Å². The van der Waals surface area contributed by atoms with E-state index in [9.17, 15) is 9.59 Å². The van der Waals surface area contributed by atoms with Crippen molar-refractivity contribution in [1.29, 1.82) is 0 Å². The van der Waals surface area contributed by atoms with Crippen LogP contribution in [0.25, 0.3) is 0 Å². The Morgan fingerprint density at radius 2 is 2.16 bits per heavy atom. The molecule has 2 rings (SSSR count). The largest absolute Gasteiger partial charge is 0.481 e. The molecular weight excluding hydrogens is 244 g/mol. The lowest BCUT2D eigenvalue weighted by Crippen LogP contribution is -2.47. The minimum Gasteiger partial charge on any atom is -0.481 e. The van der Waals surface area contributed by atoms with Crippen LogP contribution >= 0.6 is 0 Å². The van der Waals surface area contributed by atoms with Gasteiger partial charge >= 0.3 is 5.97 Å². The molecule has 1 aliphatic heterocycles. The molecule has 102 valence electrons. The van der Waals surface area contributed by atoms with Gasteiger partial charge in [-0.05, 0) is 37.6 Å². The van der Waals surface area contributed by atoms with Crippen LogP contribution < -0.4 is 10.2 Å². The highest BCUT2D eigenvalue weighted by Gasteiger charge is 2.39. The predicted molar refractivity (Wildman–Crippen MR) is 73.5 cm³/mol. The van der Waals surface area contributed by atoms with Crippen LogP contribution in [-0.2, 0) is 16.0 Å². The molecule has 0 atom stereocenters. The smallest absolute Gasteiger partial charge is 0.305 e. The number of benzene rings is 1. The highest BCUT2D eigenvalue weighted by molar-refractivity contribution is 6.03. The van der Waals surface area contributed by atoms with Gasteiger partial charge in [0.2, 0.25) is 5.91 Å². The number of carbonyl (C=O) groups is 2. The molecule has 0 unspecified atom stereocenters. The Hall–Kier alpha value is -2.04. The molecule has 0 spiro atoms. The second-order valence-corrected chi connectivity index (χ2v) is 5.38. The highest BCUT2D eigenvalue weighted by atomic mass is 16.4. The zero-order chi connectivity index (χ0) is 14.2. The van der Waals surface area contributed by atoms with Crippen molar-refractivity contribution < 1.29 is 14.7 Å². The van der Waals surface area contributed by atoms with Gasteiger partial charge in [0.15, 0.2) is 0 Å². The summed E-state index contributed by atoms with van der Waals surface area (Å²) in [6, 6.07) is 5.70. The molecule has 0 aromatic heterocycles. The van der Waals surface area contributed by atoms with E-state index < -0.39 is 11.5 Å². The minimum absolute atomic E-state index is 0.0468. The Morgan fingerprint density at radius 3 is 2.74 bits per heavy atom. The minimum atomic E-state index is -0.905. The normalized spacial score (nSPS) is 14.5. The first-order valence-electron chi connectivity index (χ1n) is 6.20. The zero-order valence-electron chi connectivity index (χ0n) is 11.4. The first-order chi connectivity index (χ1) is 8.85. The third kappa shape index (κ3) is 2.41. The molecule has 2 N–H and O–H groups in total. The number of hydrogen-bond donors (Lipinski definition) is 2. The second kappa shape index (κ2) is 4.57. The Balaban J connectivity index is 2.40. The average molecular weight is 262 g/mol. The summed E-state index contributed by atoms with van der Waals surface area (Å²) in [5.41, 5.74) is 1.98. The fourth-order valence-electron chi connectivity index (χ4n) is 2.59. The van der Waals surface area contributed by atoms with E-state index in [1.54, 1.807) is 18.7 Å². The summed E-state index contributed by atoms with van der Waals surface area (Å²) in [7, 11) is 1.82. The SMILES string of the molecule is CNc1ccc2c(c1)CC(=O)N2C(C)(C)CC(=O)O. The lowest BCUT2D eigenvalue weighted by Gasteiger charge is -2.35. The monoisotopic (exact) mass is 262 g/mol. The van der Waals surface area contributed by atoms with Crippen molar-refractivity contribution in [2.75, 3.05) is 17.3 Å². The van der Waals surface area contributed by atoms with Crippen molar-refractivity contribution in [2.45, 2.75) is 32.2 Å². The first-order valence-corrected chi connectivity index (χ1v) is 6.20. The maximum absolute atomic E-state index is 12.2. The summed E-state index contributed by atoms with van der Waals surface area (Å²) in [5.74, 6) is -0.951. The fourth-order valence-corrected chi connectivity index (χ4v) is 2.59. The Bertz CT molecular complexity index is 537. The molecule has 19 heavy (non-hydrogen) atoms. The van der Waals surface area contributed by atoms with Crippen LogP contribution in [0.1, 0.15) is 25.8 Å². The van der Waals surface area contributed by atoms with Crippen LogP contribution in [0.5, 0.6) is 0 Å². The molecule has 5 heteroatoms. The second-order valence-electron chi connectivity index (χ2n) is 5.38. The molecule has 1 aromatic carbocycles. The topological polar surface area (TPSA) is 69.6 Å². The number of nitrogens with one attached hydrogen (secondary N) is 1. The summed E-state index contributed by atoms with van der Waals surface area (Å²) >= 11 is 0. The Kier molecular flexibility index (Phi) is 3.22. The number of hydrogen-bond acceptors (Lipinski definition) is 3. The lowest BCUT2D eigenvalue weighted by atomic mass is 9.98. The molecule has 1 amide bonds. The summed E-state index contributed by atoms with van der Waals surface area (Å²) < 4.78 is 0. The van der Waals surface area contributed by atoms with Crippen LogP contribution in [0.2, 0.25) is 0 Å². The van der Waals surface area contributed by atoms with E-state index in [1.807, 2.05) is 25.2 Å². The maximum atomic E-state index is 12.2. The van der Waals surface area contributed by atoms with E-state index in [0.717, 1.165) is 16.9 Å². The first kappa shape index (κ1) is 13.4. The van der Waals surface area contributed by atoms with Crippen molar-refractivity contribution >= 4 is 23.3 Å². The van der Waals surface area contributed by atoms with Crippen LogP contribution in [-0.4, -0.2) is 29.6 Å². The number of carbonyl (C=O) groups excluding carboxylic acids is 1. The molecule has 0 saturated carbocycles. The van der Waals surface area contributed by atoms with Gasteiger partial charge in [-0.25, -0.2) is 0 Å². The zero-order valence-corrected chi connectivity index (χ0v) is 11.4. The Labute approximate surface area is 112 Å². The van der Waals surface area contributed by atoms with Crippen molar-refractivity contribution in [3.8, 4) is 0 Å². The van der Waals surface area contributed by atoms with Gasteiger partial charge in [-0.2, -0.15) is 0 Å². The molecule has 0 aliphatic carbocycles. The predicted octanol–water partition coefficient (Wildman–Crippen LogP) is 1.87. The van der Waals surface area contributed by atoms with Gasteiger partial charge in [-0.15, -0.1) is 0 Å². The Morgan fingerprint density at radius 1 is 1.47 bits per heavy atom. The third-order valence-corrected chi connectivity index (χ3v) is 3.39. The van der Waals surface area contributed by atoms with Gasteiger partial charge in [0.1, 0.15) is 0 Å². The van der Waals surface area contributed by atoms with Gasteiger partial charge in [-0.1, -0.05) is 0 Å². The number of anilines is 2. The molecule has 5 nitrogen and oxygen atoms in total. The van der Waals surface area contributed by atoms with Gasteiger partial charge in [0.25, 0.3) is 0 Å². The number of amides is 1. The van der Waals surface area contributed by atoms with Crippen molar-refractivity contribution in [3.63, 3.8) is 0 Å². The van der Waals surface area contributed by atoms with E-state index in [4.69, 9.17) is 5.11 Å². The summed E-state index contributed by atoms with van der Waals surface area (Å²) in [6.45, 7) is 3.56. The molecule has 1 heterocycles. The molecule has 1 aromatic rings. The van der Waals surface area contributed by atoms with E-state index in [2.05, 4.69) is 5.32 Å². The van der Waals surface area contributed by atoms with Crippen LogP contribution in [0.3, 0.4) is 0 Å². The van der Waals surface area contributed by atoms with Crippen LogP contribution in [0, 0.1) is 0 Å². The summed E-state index contributed by atoms with van der Waals surface area (Å²) in [6.07, 6.45) is 0.250. The van der Waals surface area contributed by atoms with Gasteiger partial charge in [-0.3, -0.25) is 9.59 Å². The lowest BCUT2D eigenvalue weighted by molar-refractivity contribution is -0.138. The number of nitrogens with zero attached hydrogens (tertiary/aromatic N) is 1. The number of fused-ring (bicyclic) bond motifs is 1. The summed E-state index contributed by atoms with van der Waals surface area (Å²) in [4.78, 5) is 24.7. The average Bonchev–Trinajstić information content (AvgIpc) is 2.62. The molecule has 0 bridgehead atoms. The van der Waals surface area contributed by atoms with E-state index in [0.29, 0.717) is 6.42 Å². The standard InChI is InChI=1S/C14H18N2O3/c1-14(2,8-13(18)19)16-11-5-4-10(15-3)6-9(11)7-12(16)17/h4-6,15H,7-8H2,1-3H3,(H,18,19). The fraction of sp³-hybridized carbons (Fsp3) is 0.429. The quantitative estimate of drug-likeness (QED) is 0.869. The van der Waals surface area contributed by atoms with Crippen molar-refractivity contribution in [2.24, 2.45) is 0 Å². The maximum Gasteiger partial charge on any atom is 0.305 e. The molecule has 0 radical (unpaired) electrons. The number of carboxylic acid groups (broad SMARTS) is 1. The molecule has 1 aliphatic rings. The van der Waals surface area contributed by atoms with E-state index in [-0.39, 0.29) is 12.3 Å². The van der Waals surface area contributed by atoms with E-state index >= 15 is 0 Å². The molecular formula is C14H18N2O3. The highest BCUT2D eigenvalue weighted by Crippen LogP contribution is 2.37. The number of carboxylic acids is 1. The van der Waals surface area contributed by atoms with Crippen molar-refractivity contribution in [3.05, 3.63) is 23.8 Å². The van der Waals surface area contributed by atoms with Crippen LogP contribution in [0.15, 0.2) is 18.2 Å². The molecule has 0 fully saturated rings. The van der Waals surface area contributed by atoms with Gasteiger partial charge < -0.3 is 15.3 Å². The van der Waals surface area contributed by atoms with Gasteiger partial charge in [0.05, 0.1) is 18.4 Å². The molecule has 0 saturated heterocycles. The van der Waals surface area contributed by atoms with Gasteiger partial charge in [0, 0.05) is 18.4 Å². The number of rotatable bonds is 4.